The molecule has 1 aromatic rings. The second-order valence-electron chi connectivity index (χ2n) is 7.79. The number of halogens is 1. The molecule has 1 aromatic carbocycles. The van der Waals surface area contributed by atoms with Gasteiger partial charge < -0.3 is 15.4 Å². The lowest BCUT2D eigenvalue weighted by atomic mass is 9.90. The summed E-state index contributed by atoms with van der Waals surface area (Å²) in [6.07, 6.45) is 1.53. The minimum atomic E-state index is -2.86. The van der Waals surface area contributed by atoms with Gasteiger partial charge in [0.2, 0.25) is 0 Å². The molecule has 8 heteroatoms. The summed E-state index contributed by atoms with van der Waals surface area (Å²) >= 11 is 0. The van der Waals surface area contributed by atoms with E-state index in [-0.39, 0.29) is 47.3 Å². The van der Waals surface area contributed by atoms with Crippen LogP contribution in [0.3, 0.4) is 0 Å². The second-order valence-corrected chi connectivity index (χ2v) is 10.0. The zero-order valence-corrected chi connectivity index (χ0v) is 19.3. The molecular formula is C19H30IN3O3S. The summed E-state index contributed by atoms with van der Waals surface area (Å²) < 4.78 is 29.4. The monoisotopic (exact) mass is 507 g/mol. The molecule has 2 atom stereocenters. The number of benzene rings is 1. The number of para-hydroxylation sites is 1. The highest BCUT2D eigenvalue weighted by Crippen LogP contribution is 2.39. The fourth-order valence-electron chi connectivity index (χ4n) is 3.65. The first-order valence-corrected chi connectivity index (χ1v) is 11.1. The number of nitrogens with one attached hydrogen (secondary N) is 2. The molecule has 2 N–H and O–H groups in total. The minimum absolute atomic E-state index is 0. The van der Waals surface area contributed by atoms with Gasteiger partial charge in [0.25, 0.3) is 0 Å². The van der Waals surface area contributed by atoms with Gasteiger partial charge in [-0.3, -0.25) is 4.99 Å². The summed E-state index contributed by atoms with van der Waals surface area (Å²) in [4.78, 5) is 4.66. The maximum atomic E-state index is 11.6. The summed E-state index contributed by atoms with van der Waals surface area (Å²) in [6.45, 7) is 7.49. The van der Waals surface area contributed by atoms with Gasteiger partial charge in [-0.1, -0.05) is 18.2 Å². The van der Waals surface area contributed by atoms with Gasteiger partial charge >= 0.3 is 0 Å². The summed E-state index contributed by atoms with van der Waals surface area (Å²) in [6, 6.07) is 8.17. The van der Waals surface area contributed by atoms with Crippen molar-refractivity contribution in [3.8, 4) is 5.75 Å². The Kier molecular flexibility index (Phi) is 7.40. The lowest BCUT2D eigenvalue weighted by Gasteiger charge is -2.38. The molecule has 152 valence electrons. The van der Waals surface area contributed by atoms with Crippen LogP contribution < -0.4 is 15.4 Å². The molecule has 27 heavy (non-hydrogen) atoms. The highest BCUT2D eigenvalue weighted by Gasteiger charge is 2.34. The van der Waals surface area contributed by atoms with Gasteiger partial charge in [-0.15, -0.1) is 24.0 Å². The topological polar surface area (TPSA) is 79.8 Å². The number of hydrogen-bond donors (Lipinski definition) is 2. The predicted octanol–water partition coefficient (Wildman–Crippen LogP) is 2.90. The first-order chi connectivity index (χ1) is 12.3. The highest BCUT2D eigenvalue weighted by molar-refractivity contribution is 14.0. The quantitative estimate of drug-likeness (QED) is 0.372. The Hall–Kier alpha value is -1.03. The van der Waals surface area contributed by atoms with E-state index in [0.29, 0.717) is 18.7 Å². The van der Waals surface area contributed by atoms with E-state index in [4.69, 9.17) is 4.74 Å². The summed E-state index contributed by atoms with van der Waals surface area (Å²) in [7, 11) is -2.86. The number of nitrogens with zero attached hydrogens (tertiary/aromatic N) is 1. The number of ether oxygens (including phenoxy) is 1. The maximum absolute atomic E-state index is 11.6. The first-order valence-electron chi connectivity index (χ1n) is 9.31. The van der Waals surface area contributed by atoms with E-state index >= 15 is 0 Å². The first kappa shape index (κ1) is 22.3. The molecule has 3 rings (SSSR count). The van der Waals surface area contributed by atoms with Crippen LogP contribution in [0.15, 0.2) is 29.3 Å². The molecule has 1 saturated heterocycles. The lowest BCUT2D eigenvalue weighted by molar-refractivity contribution is 0.0694. The van der Waals surface area contributed by atoms with Crippen LogP contribution in [-0.2, 0) is 9.84 Å². The van der Waals surface area contributed by atoms with Crippen molar-refractivity contribution in [2.75, 3.05) is 24.6 Å². The molecule has 6 nitrogen and oxygen atoms in total. The van der Waals surface area contributed by atoms with Crippen molar-refractivity contribution in [3.63, 3.8) is 0 Å². The van der Waals surface area contributed by atoms with Crippen LogP contribution in [0.25, 0.3) is 0 Å². The van der Waals surface area contributed by atoms with Crippen LogP contribution in [-0.4, -0.2) is 44.6 Å². The van der Waals surface area contributed by atoms with Crippen molar-refractivity contribution in [3.05, 3.63) is 29.8 Å². The van der Waals surface area contributed by atoms with E-state index < -0.39 is 9.84 Å². The second kappa shape index (κ2) is 8.98. The molecule has 2 unspecified atom stereocenters. The van der Waals surface area contributed by atoms with Crippen molar-refractivity contribution < 1.29 is 13.2 Å². The van der Waals surface area contributed by atoms with E-state index in [9.17, 15) is 8.42 Å². The van der Waals surface area contributed by atoms with Crippen LogP contribution in [0, 0.1) is 5.92 Å². The Morgan fingerprint density at radius 3 is 2.74 bits per heavy atom. The number of fused-ring (bicyclic) bond motifs is 1. The zero-order chi connectivity index (χ0) is 18.8. The van der Waals surface area contributed by atoms with Gasteiger partial charge in [0.05, 0.1) is 17.5 Å². The molecule has 0 spiro atoms. The third-order valence-electron chi connectivity index (χ3n) is 4.87. The molecule has 1 fully saturated rings. The predicted molar refractivity (Wildman–Crippen MR) is 120 cm³/mol. The molecular weight excluding hydrogens is 477 g/mol. The Morgan fingerprint density at radius 1 is 1.33 bits per heavy atom. The van der Waals surface area contributed by atoms with Crippen molar-refractivity contribution in [1.29, 1.82) is 0 Å². The van der Waals surface area contributed by atoms with Crippen molar-refractivity contribution >= 4 is 39.8 Å². The molecule has 0 amide bonds. The fraction of sp³-hybridized carbons (Fsp3) is 0.632. The lowest BCUT2D eigenvalue weighted by Crippen LogP contribution is -2.45. The van der Waals surface area contributed by atoms with Crippen LogP contribution >= 0.6 is 24.0 Å². The molecule has 2 aliphatic rings. The largest absolute Gasteiger partial charge is 0.487 e. The molecule has 0 radical (unpaired) electrons. The standard InChI is InChI=1S/C19H29N3O3S.HI/c1-4-20-18(21-12-14-9-10-26(23,24)13-14)22-16-11-19(2,3)25-17-8-6-5-7-15(16)17;/h5-8,14,16H,4,9-13H2,1-3H3,(H2,20,21,22);1H. The molecule has 2 heterocycles. The summed E-state index contributed by atoms with van der Waals surface area (Å²) in [5.74, 6) is 2.30. The van der Waals surface area contributed by atoms with Gasteiger partial charge in [-0.2, -0.15) is 0 Å². The van der Waals surface area contributed by atoms with Crippen molar-refractivity contribution in [2.45, 2.75) is 45.3 Å². The van der Waals surface area contributed by atoms with E-state index in [1.807, 2.05) is 25.1 Å². The Balaban J connectivity index is 0.00000261. The molecule has 0 bridgehead atoms. The highest BCUT2D eigenvalue weighted by atomic mass is 127. The Morgan fingerprint density at radius 2 is 2.07 bits per heavy atom. The van der Waals surface area contributed by atoms with Crippen LogP contribution in [0.1, 0.15) is 45.2 Å². The van der Waals surface area contributed by atoms with Crippen molar-refractivity contribution in [1.82, 2.24) is 10.6 Å². The Bertz CT molecular complexity index is 780. The Labute approximate surface area is 179 Å². The van der Waals surface area contributed by atoms with Gasteiger partial charge in [0, 0.05) is 25.1 Å². The van der Waals surface area contributed by atoms with E-state index in [1.165, 1.54) is 0 Å². The van der Waals surface area contributed by atoms with Crippen LogP contribution in [0.4, 0.5) is 0 Å². The molecule has 0 saturated carbocycles. The maximum Gasteiger partial charge on any atom is 0.191 e. The molecule has 2 aliphatic heterocycles. The molecule has 0 aromatic heterocycles. The third kappa shape index (κ3) is 5.97. The van der Waals surface area contributed by atoms with E-state index in [1.54, 1.807) is 0 Å². The number of guanidine groups is 1. The van der Waals surface area contributed by atoms with Crippen LogP contribution in [0.5, 0.6) is 5.75 Å². The number of aliphatic imine (C=N–C) groups is 1. The summed E-state index contributed by atoms with van der Waals surface area (Å²) in [5, 5.41) is 6.80. The number of rotatable bonds is 4. The van der Waals surface area contributed by atoms with Gasteiger partial charge in [0.15, 0.2) is 15.8 Å². The normalized spacial score (nSPS) is 25.7. The minimum Gasteiger partial charge on any atom is -0.487 e. The van der Waals surface area contributed by atoms with E-state index in [2.05, 4.69) is 35.5 Å². The van der Waals surface area contributed by atoms with Gasteiger partial charge in [0.1, 0.15) is 11.4 Å². The summed E-state index contributed by atoms with van der Waals surface area (Å²) in [5.41, 5.74) is 0.865. The van der Waals surface area contributed by atoms with Gasteiger partial charge in [-0.05, 0) is 39.2 Å². The third-order valence-corrected chi connectivity index (χ3v) is 6.70. The smallest absolute Gasteiger partial charge is 0.191 e. The average Bonchev–Trinajstić information content (AvgIpc) is 2.91. The average molecular weight is 507 g/mol. The van der Waals surface area contributed by atoms with Crippen molar-refractivity contribution in [2.24, 2.45) is 10.9 Å². The number of sulfone groups is 1. The van der Waals surface area contributed by atoms with E-state index in [0.717, 1.165) is 30.2 Å². The fourth-order valence-corrected chi connectivity index (χ4v) is 5.50. The van der Waals surface area contributed by atoms with Crippen LogP contribution in [0.2, 0.25) is 0 Å². The SMILES string of the molecule is CCNC(=NCC1CCS(=O)(=O)C1)NC1CC(C)(C)Oc2ccccc21.I. The molecule has 0 aliphatic carbocycles. The van der Waals surface area contributed by atoms with Gasteiger partial charge in [-0.25, -0.2) is 8.42 Å². The number of hydrogen-bond acceptors (Lipinski definition) is 4. The zero-order valence-electron chi connectivity index (χ0n) is 16.2.